The summed E-state index contributed by atoms with van der Waals surface area (Å²) < 4.78 is 12.3. The minimum absolute atomic E-state index is 0.147. The number of aryl methyl sites for hydroxylation is 5. The maximum Gasteiger partial charge on any atom is 0.335 e. The number of amides is 1. The van der Waals surface area contributed by atoms with Gasteiger partial charge in [0.2, 0.25) is 0 Å². The Morgan fingerprint density at radius 1 is 0.982 bits per heavy atom. The average Bonchev–Trinajstić information content (AvgIpc) is 3.78. The normalized spacial score (nSPS) is 14.2. The van der Waals surface area contributed by atoms with Gasteiger partial charge in [-0.25, -0.2) is 4.79 Å². The number of carboxylic acids is 1. The van der Waals surface area contributed by atoms with Gasteiger partial charge in [0, 0.05) is 64.6 Å². The molecule has 1 atom stereocenters. The number of hydrogen-bond donors (Lipinski definition) is 1. The predicted molar refractivity (Wildman–Crippen MR) is 222 cm³/mol. The number of nitrogens with zero attached hydrogens (tertiary/aromatic N) is 6. The standard InChI is InChI=1S/C44H42Cl2N6O4/c1-24-18-31(19-25(2)40(24)46)56-17-9-11-32-33-13-14-35(45)39(38-27(4)48-49(6)28(38)5)41(33)52-26(3)21-51(43(53)42(32)52)37-23-50(22-30-10-7-8-16-47-30)36-15-12-29(44(54)55)20-34(36)37/h7-8,10,12-16,18-20,23,26H,9,11,17,21-22H2,1-6H3,(H,54,55)/t26-/m1/s1. The number of hydrogen-bond acceptors (Lipinski definition) is 5. The zero-order valence-electron chi connectivity index (χ0n) is 32.2. The highest BCUT2D eigenvalue weighted by molar-refractivity contribution is 6.35. The molecule has 10 nitrogen and oxygen atoms in total. The number of aromatic carboxylic acids is 1. The van der Waals surface area contributed by atoms with Crippen LogP contribution in [0, 0.1) is 27.7 Å². The van der Waals surface area contributed by atoms with Gasteiger partial charge in [-0.15, -0.1) is 0 Å². The number of pyridine rings is 1. The number of rotatable bonds is 10. The van der Waals surface area contributed by atoms with Gasteiger partial charge >= 0.3 is 5.97 Å². The lowest BCUT2D eigenvalue weighted by Crippen LogP contribution is -2.42. The Morgan fingerprint density at radius 3 is 2.43 bits per heavy atom. The first-order valence-electron chi connectivity index (χ1n) is 18.7. The zero-order valence-corrected chi connectivity index (χ0v) is 33.7. The van der Waals surface area contributed by atoms with Crippen LogP contribution in [0.5, 0.6) is 5.75 Å². The van der Waals surface area contributed by atoms with Crippen LogP contribution in [0.1, 0.15) is 74.0 Å². The van der Waals surface area contributed by atoms with E-state index in [2.05, 4.69) is 16.5 Å². The van der Waals surface area contributed by atoms with E-state index in [-0.39, 0.29) is 17.5 Å². The fourth-order valence-electron chi connectivity index (χ4n) is 8.36. The number of aromatic nitrogens is 5. The van der Waals surface area contributed by atoms with Gasteiger partial charge in [-0.3, -0.25) is 14.5 Å². The smallest absolute Gasteiger partial charge is 0.335 e. The highest BCUT2D eigenvalue weighted by Gasteiger charge is 2.38. The molecule has 5 heterocycles. The van der Waals surface area contributed by atoms with E-state index in [4.69, 9.17) is 33.0 Å². The molecule has 1 aliphatic heterocycles. The minimum Gasteiger partial charge on any atom is -0.494 e. The highest BCUT2D eigenvalue weighted by atomic mass is 35.5. The lowest BCUT2D eigenvalue weighted by atomic mass is 9.98. The Labute approximate surface area is 334 Å². The molecule has 1 aliphatic rings. The van der Waals surface area contributed by atoms with Crippen molar-refractivity contribution in [3.8, 4) is 16.9 Å². The van der Waals surface area contributed by atoms with Gasteiger partial charge in [-0.2, -0.15) is 5.10 Å². The summed E-state index contributed by atoms with van der Waals surface area (Å²) in [5.41, 5.74) is 10.4. The zero-order chi connectivity index (χ0) is 39.6. The van der Waals surface area contributed by atoms with Crippen molar-refractivity contribution in [1.82, 2.24) is 23.9 Å². The van der Waals surface area contributed by atoms with Gasteiger partial charge in [-0.05, 0) is 113 Å². The molecule has 0 aliphatic carbocycles. The third-order valence-corrected chi connectivity index (χ3v) is 11.9. The van der Waals surface area contributed by atoms with Crippen LogP contribution >= 0.6 is 23.2 Å². The number of anilines is 1. The molecule has 0 saturated carbocycles. The molecule has 0 radical (unpaired) electrons. The van der Waals surface area contributed by atoms with Gasteiger partial charge in [-0.1, -0.05) is 35.3 Å². The van der Waals surface area contributed by atoms with Crippen molar-refractivity contribution in [1.29, 1.82) is 0 Å². The molecule has 1 N–H and O–H groups in total. The van der Waals surface area contributed by atoms with Crippen LogP contribution in [0.2, 0.25) is 10.0 Å². The Kier molecular flexibility index (Phi) is 9.66. The van der Waals surface area contributed by atoms with Crippen molar-refractivity contribution in [2.45, 2.75) is 60.0 Å². The summed E-state index contributed by atoms with van der Waals surface area (Å²) in [4.78, 5) is 33.8. The van der Waals surface area contributed by atoms with Gasteiger partial charge < -0.3 is 23.9 Å². The molecule has 12 heteroatoms. The number of carbonyl (C=O) groups is 2. The van der Waals surface area contributed by atoms with Crippen LogP contribution in [0.3, 0.4) is 0 Å². The first-order valence-corrected chi connectivity index (χ1v) is 19.4. The molecule has 56 heavy (non-hydrogen) atoms. The van der Waals surface area contributed by atoms with E-state index in [1.807, 2.05) is 104 Å². The Balaban J connectivity index is 1.27. The summed E-state index contributed by atoms with van der Waals surface area (Å²) in [5.74, 6) is -0.449. The van der Waals surface area contributed by atoms with E-state index in [1.165, 1.54) is 0 Å². The van der Waals surface area contributed by atoms with Crippen LogP contribution in [0.4, 0.5) is 5.69 Å². The van der Waals surface area contributed by atoms with Crippen molar-refractivity contribution < 1.29 is 19.4 Å². The number of carboxylic acid groups (broad SMARTS) is 1. The number of ether oxygens (including phenoxy) is 1. The van der Waals surface area contributed by atoms with E-state index in [0.29, 0.717) is 54.3 Å². The summed E-state index contributed by atoms with van der Waals surface area (Å²) in [5, 5.41) is 17.7. The minimum atomic E-state index is -1.03. The second kappa shape index (κ2) is 14.5. The topological polar surface area (TPSA) is 107 Å². The Morgan fingerprint density at radius 2 is 1.75 bits per heavy atom. The molecular formula is C44H42Cl2N6O4. The molecule has 0 saturated heterocycles. The van der Waals surface area contributed by atoms with E-state index in [1.54, 1.807) is 18.3 Å². The van der Waals surface area contributed by atoms with Gasteiger partial charge in [0.05, 0.1) is 51.8 Å². The maximum absolute atomic E-state index is 15.3. The third-order valence-electron chi connectivity index (χ3n) is 11.0. The van der Waals surface area contributed by atoms with Crippen LogP contribution in [-0.2, 0) is 20.0 Å². The molecule has 4 aromatic heterocycles. The summed E-state index contributed by atoms with van der Waals surface area (Å²) in [6, 6.07) is 18.5. The molecule has 0 spiro atoms. The van der Waals surface area contributed by atoms with E-state index in [9.17, 15) is 9.90 Å². The second-order valence-corrected chi connectivity index (χ2v) is 15.6. The number of benzene rings is 3. The van der Waals surface area contributed by atoms with Gasteiger partial charge in [0.25, 0.3) is 5.91 Å². The van der Waals surface area contributed by atoms with E-state index < -0.39 is 5.97 Å². The van der Waals surface area contributed by atoms with Gasteiger partial charge in [0.15, 0.2) is 0 Å². The summed E-state index contributed by atoms with van der Waals surface area (Å²) >= 11 is 13.6. The monoisotopic (exact) mass is 788 g/mol. The molecule has 3 aromatic carbocycles. The second-order valence-electron chi connectivity index (χ2n) is 14.8. The van der Waals surface area contributed by atoms with Crippen LogP contribution < -0.4 is 9.64 Å². The highest BCUT2D eigenvalue weighted by Crippen LogP contribution is 2.46. The van der Waals surface area contributed by atoms with E-state index >= 15 is 4.79 Å². The van der Waals surface area contributed by atoms with Crippen LogP contribution in [-0.4, -0.2) is 54.0 Å². The van der Waals surface area contributed by atoms with Crippen molar-refractivity contribution in [2.24, 2.45) is 7.05 Å². The molecule has 1 amide bonds. The lowest BCUT2D eigenvalue weighted by Gasteiger charge is -2.34. The summed E-state index contributed by atoms with van der Waals surface area (Å²) in [6.45, 7) is 11.3. The molecule has 0 fully saturated rings. The maximum atomic E-state index is 15.3. The molecular weight excluding hydrogens is 747 g/mol. The van der Waals surface area contributed by atoms with E-state index in [0.717, 1.165) is 72.1 Å². The predicted octanol–water partition coefficient (Wildman–Crippen LogP) is 9.91. The Hall–Kier alpha value is -5.58. The van der Waals surface area contributed by atoms with Crippen molar-refractivity contribution >= 4 is 62.6 Å². The van der Waals surface area contributed by atoms with Crippen molar-refractivity contribution in [3.05, 3.63) is 128 Å². The quantitative estimate of drug-likeness (QED) is 0.138. The van der Waals surface area contributed by atoms with Crippen LogP contribution in [0.25, 0.3) is 32.9 Å². The number of halogens is 2. The van der Waals surface area contributed by atoms with Crippen molar-refractivity contribution in [3.63, 3.8) is 0 Å². The SMILES string of the molecule is Cc1cc(OCCCc2c3n(c4c(-c5c(C)nn(C)c5C)c(Cl)ccc24)[C@H](C)CN(c2cn(Cc4ccccn4)c4ccc(C(=O)O)cc24)C3=O)cc(C)c1Cl. The molecule has 286 valence electrons. The number of fused-ring (bicyclic) bond motifs is 4. The molecule has 8 rings (SSSR count). The molecule has 0 unspecified atom stereocenters. The molecule has 0 bridgehead atoms. The fraction of sp³-hybridized carbons (Fsp3) is 0.273. The number of carbonyl (C=O) groups excluding carboxylic acids is 1. The van der Waals surface area contributed by atoms with Gasteiger partial charge in [0.1, 0.15) is 11.4 Å². The molecule has 7 aromatic rings. The summed E-state index contributed by atoms with van der Waals surface area (Å²) in [7, 11) is 1.92. The lowest BCUT2D eigenvalue weighted by molar-refractivity contribution is 0.0696. The van der Waals surface area contributed by atoms with Crippen LogP contribution in [0.15, 0.2) is 73.1 Å². The first-order chi connectivity index (χ1) is 26.8. The first kappa shape index (κ1) is 37.3. The fourth-order valence-corrected chi connectivity index (χ4v) is 8.72. The largest absolute Gasteiger partial charge is 0.494 e. The van der Waals surface area contributed by atoms with Crippen molar-refractivity contribution in [2.75, 3.05) is 18.1 Å². The Bertz CT molecular complexity index is 2690. The average molecular weight is 790 g/mol. The third kappa shape index (κ3) is 6.30. The summed E-state index contributed by atoms with van der Waals surface area (Å²) in [6.07, 6.45) is 4.90.